The molecule has 8 heteroatoms. The molecule has 0 saturated heterocycles. The molecule has 0 aliphatic heterocycles. The normalized spacial score (nSPS) is 12.3. The van der Waals surface area contributed by atoms with Crippen molar-refractivity contribution in [3.05, 3.63) is 46.8 Å². The molecule has 94 valence electrons. The van der Waals surface area contributed by atoms with E-state index >= 15 is 0 Å². The number of anilines is 1. The molecule has 0 aliphatic carbocycles. The number of nitrogens with two attached hydrogens (primary N) is 1. The van der Waals surface area contributed by atoms with Gasteiger partial charge < -0.3 is 10.3 Å². The smallest absolute Gasteiger partial charge is 0.354 e. The number of rotatable bonds is 2. The van der Waals surface area contributed by atoms with Crippen molar-refractivity contribution in [2.45, 2.75) is 4.90 Å². The molecule has 0 radical (unpaired) electrons. The largest absolute Gasteiger partial charge is 0.381 e. The van der Waals surface area contributed by atoms with Gasteiger partial charge in [-0.1, -0.05) is 0 Å². The molecular weight excluding hydrogens is 261 g/mol. The predicted octanol–water partition coefficient (Wildman–Crippen LogP) is 0.534. The van der Waals surface area contributed by atoms with Gasteiger partial charge in [-0.25, -0.2) is 13.4 Å². The number of hydrogen-bond acceptors (Lipinski definition) is 4. The van der Waals surface area contributed by atoms with Gasteiger partial charge in [-0.05, 0) is 24.3 Å². The minimum Gasteiger partial charge on any atom is -0.381 e. The standard InChI is InChI=1S/C10H8FN3O3S/c11-8-5-14(10(15)13-9(8)12)6-1-3-7(4-2-6)18(16)17/h1-5H,(H,16,17)(H2,12,13,15). The van der Waals surface area contributed by atoms with Crippen molar-refractivity contribution in [2.75, 3.05) is 5.73 Å². The fourth-order valence-electron chi connectivity index (χ4n) is 1.35. The molecule has 0 spiro atoms. The van der Waals surface area contributed by atoms with E-state index in [-0.39, 0.29) is 4.90 Å². The molecule has 6 nitrogen and oxygen atoms in total. The summed E-state index contributed by atoms with van der Waals surface area (Å²) in [5, 5.41) is 0. The summed E-state index contributed by atoms with van der Waals surface area (Å²) in [6.45, 7) is 0. The zero-order valence-electron chi connectivity index (χ0n) is 8.91. The van der Waals surface area contributed by atoms with Gasteiger partial charge in [0.05, 0.1) is 16.8 Å². The lowest BCUT2D eigenvalue weighted by Gasteiger charge is -2.06. The number of nitrogen functional groups attached to an aromatic ring is 1. The zero-order valence-corrected chi connectivity index (χ0v) is 9.72. The summed E-state index contributed by atoms with van der Waals surface area (Å²) in [6, 6.07) is 5.52. The predicted molar refractivity (Wildman–Crippen MR) is 63.2 cm³/mol. The number of benzene rings is 1. The summed E-state index contributed by atoms with van der Waals surface area (Å²) in [5.74, 6) is -1.28. The van der Waals surface area contributed by atoms with Crippen LogP contribution < -0.4 is 11.4 Å². The molecule has 1 unspecified atom stereocenters. The van der Waals surface area contributed by atoms with Crippen LogP contribution in [0.15, 0.2) is 40.2 Å². The van der Waals surface area contributed by atoms with Crippen LogP contribution in [0.3, 0.4) is 0 Å². The Morgan fingerprint density at radius 1 is 1.33 bits per heavy atom. The lowest BCUT2D eigenvalue weighted by atomic mass is 10.3. The molecule has 1 aromatic carbocycles. The van der Waals surface area contributed by atoms with Gasteiger partial charge >= 0.3 is 5.69 Å². The Balaban J connectivity index is 2.52. The Kier molecular flexibility index (Phi) is 3.21. The maximum atomic E-state index is 13.2. The third-order valence-electron chi connectivity index (χ3n) is 2.23. The monoisotopic (exact) mass is 269 g/mol. The Labute approximate surface area is 103 Å². The van der Waals surface area contributed by atoms with Gasteiger partial charge in [-0.2, -0.15) is 4.98 Å². The first-order valence-electron chi connectivity index (χ1n) is 4.75. The topological polar surface area (TPSA) is 98.2 Å². The average molecular weight is 269 g/mol. The molecule has 0 amide bonds. The van der Waals surface area contributed by atoms with E-state index in [0.29, 0.717) is 5.69 Å². The van der Waals surface area contributed by atoms with Crippen LogP contribution >= 0.6 is 0 Å². The lowest BCUT2D eigenvalue weighted by molar-refractivity contribution is 0.564. The minimum absolute atomic E-state index is 0.177. The molecule has 1 atom stereocenters. The van der Waals surface area contributed by atoms with Crippen LogP contribution in [-0.4, -0.2) is 18.3 Å². The molecule has 2 aromatic rings. The molecule has 1 heterocycles. The summed E-state index contributed by atoms with van der Waals surface area (Å²) in [7, 11) is 0. The van der Waals surface area contributed by atoms with Crippen LogP contribution in [0.1, 0.15) is 0 Å². The van der Waals surface area contributed by atoms with Crippen LogP contribution in [0.25, 0.3) is 5.69 Å². The summed E-state index contributed by atoms with van der Waals surface area (Å²) in [5.41, 5.74) is 4.75. The van der Waals surface area contributed by atoms with Gasteiger partial charge in [-0.3, -0.25) is 4.57 Å². The van der Waals surface area contributed by atoms with E-state index in [1.807, 2.05) is 0 Å². The first-order valence-corrected chi connectivity index (χ1v) is 5.85. The fourth-order valence-corrected chi connectivity index (χ4v) is 1.72. The van der Waals surface area contributed by atoms with Crippen molar-refractivity contribution in [1.29, 1.82) is 0 Å². The van der Waals surface area contributed by atoms with Gasteiger partial charge in [0.1, 0.15) is 0 Å². The van der Waals surface area contributed by atoms with Gasteiger partial charge in [0.25, 0.3) is 0 Å². The average Bonchev–Trinajstić information content (AvgIpc) is 2.34. The summed E-state index contributed by atoms with van der Waals surface area (Å²) in [6.07, 6.45) is 0.912. The SMILES string of the molecule is Nc1nc(=O)n(-c2ccc(S(=O)O)cc2)cc1F. The van der Waals surface area contributed by atoms with Gasteiger partial charge in [0, 0.05) is 0 Å². The van der Waals surface area contributed by atoms with Crippen molar-refractivity contribution in [2.24, 2.45) is 0 Å². The Morgan fingerprint density at radius 2 is 1.94 bits per heavy atom. The third-order valence-corrected chi connectivity index (χ3v) is 2.90. The van der Waals surface area contributed by atoms with Crippen LogP contribution in [0.2, 0.25) is 0 Å². The molecule has 18 heavy (non-hydrogen) atoms. The molecule has 0 fully saturated rings. The fraction of sp³-hybridized carbons (Fsp3) is 0. The Morgan fingerprint density at radius 3 is 2.50 bits per heavy atom. The van der Waals surface area contributed by atoms with E-state index in [1.165, 1.54) is 24.3 Å². The van der Waals surface area contributed by atoms with Gasteiger partial charge in [0.2, 0.25) is 0 Å². The lowest BCUT2D eigenvalue weighted by Crippen LogP contribution is -2.23. The highest BCUT2D eigenvalue weighted by atomic mass is 32.2. The van der Waals surface area contributed by atoms with Crippen LogP contribution in [0, 0.1) is 5.82 Å². The maximum Gasteiger partial charge on any atom is 0.354 e. The molecule has 2 rings (SSSR count). The molecule has 0 aliphatic rings. The van der Waals surface area contributed by atoms with E-state index in [2.05, 4.69) is 4.98 Å². The highest BCUT2D eigenvalue weighted by molar-refractivity contribution is 7.79. The second-order valence-electron chi connectivity index (χ2n) is 3.37. The number of hydrogen-bond donors (Lipinski definition) is 2. The van der Waals surface area contributed by atoms with Gasteiger partial charge in [-0.15, -0.1) is 0 Å². The number of halogens is 1. The highest BCUT2D eigenvalue weighted by Crippen LogP contribution is 2.11. The second kappa shape index (κ2) is 4.67. The van der Waals surface area contributed by atoms with Crippen LogP contribution in [0.5, 0.6) is 0 Å². The summed E-state index contributed by atoms with van der Waals surface area (Å²) in [4.78, 5) is 15.0. The second-order valence-corrected chi connectivity index (χ2v) is 4.34. The van der Waals surface area contributed by atoms with Crippen molar-refractivity contribution in [1.82, 2.24) is 9.55 Å². The molecular formula is C10H8FN3O3S. The first kappa shape index (κ1) is 12.4. The Hall–Kier alpha value is -2.06. The molecule has 1 aromatic heterocycles. The minimum atomic E-state index is -2.10. The summed E-state index contributed by atoms with van der Waals surface area (Å²) >= 11 is -2.10. The molecule has 0 saturated carbocycles. The maximum absolute atomic E-state index is 13.2. The third kappa shape index (κ3) is 2.29. The van der Waals surface area contributed by atoms with E-state index in [1.54, 1.807) is 0 Å². The van der Waals surface area contributed by atoms with Crippen LogP contribution in [-0.2, 0) is 11.1 Å². The van der Waals surface area contributed by atoms with Crippen molar-refractivity contribution < 1.29 is 13.2 Å². The summed E-state index contributed by atoms with van der Waals surface area (Å²) < 4.78 is 33.8. The van der Waals surface area contributed by atoms with Gasteiger partial charge in [0.15, 0.2) is 22.7 Å². The van der Waals surface area contributed by atoms with Crippen LogP contribution in [0.4, 0.5) is 10.2 Å². The van der Waals surface area contributed by atoms with E-state index in [4.69, 9.17) is 10.3 Å². The van der Waals surface area contributed by atoms with E-state index in [0.717, 1.165) is 10.8 Å². The molecule has 0 bridgehead atoms. The molecule has 3 N–H and O–H groups in total. The first-order chi connectivity index (χ1) is 8.49. The van der Waals surface area contributed by atoms with Crippen molar-refractivity contribution in [3.8, 4) is 5.69 Å². The number of aromatic nitrogens is 2. The highest BCUT2D eigenvalue weighted by Gasteiger charge is 2.07. The van der Waals surface area contributed by atoms with Crippen molar-refractivity contribution in [3.63, 3.8) is 0 Å². The van der Waals surface area contributed by atoms with E-state index in [9.17, 15) is 13.4 Å². The quantitative estimate of drug-likeness (QED) is 0.775. The zero-order chi connectivity index (χ0) is 13.3. The van der Waals surface area contributed by atoms with E-state index < -0.39 is 28.4 Å². The number of nitrogens with zero attached hydrogens (tertiary/aromatic N) is 2. The Bertz CT molecular complexity index is 669. The van der Waals surface area contributed by atoms with Crippen molar-refractivity contribution >= 4 is 16.9 Å².